The first-order valence-corrected chi connectivity index (χ1v) is 6.16. The molecule has 98 valence electrons. The minimum atomic E-state index is -0.684. The van der Waals surface area contributed by atoms with E-state index in [0.29, 0.717) is 11.0 Å². The van der Waals surface area contributed by atoms with Crippen LogP contribution in [0.15, 0.2) is 33.7 Å². The van der Waals surface area contributed by atoms with Gasteiger partial charge < -0.3 is 9.88 Å². The molecule has 1 N–H and O–H groups in total. The average Bonchev–Trinajstić information content (AvgIpc) is 2.30. The Morgan fingerprint density at radius 2 is 2.33 bits per heavy atom. The number of likely N-dealkylation sites (N-methyl/N-ethyl adjacent to an activating group) is 1. The summed E-state index contributed by atoms with van der Waals surface area (Å²) in [6.45, 7) is 7.41. The number of nitrogens with one attached hydrogen (secondary N) is 1. The summed E-state index contributed by atoms with van der Waals surface area (Å²) in [6, 6.07) is 1.20. The largest absolute Gasteiger partial charge is 0.335 e. The molecule has 0 aliphatic heterocycles. The molecule has 0 saturated carbocycles. The summed E-state index contributed by atoms with van der Waals surface area (Å²) in [4.78, 5) is 21.8. The van der Waals surface area contributed by atoms with E-state index in [0.717, 1.165) is 12.1 Å². The molecule has 0 fully saturated rings. The van der Waals surface area contributed by atoms with Crippen LogP contribution in [0.4, 0.5) is 5.69 Å². The van der Waals surface area contributed by atoms with Crippen LogP contribution in [0, 0.1) is 10.1 Å². The fraction of sp³-hybridized carbons (Fsp3) is 0.364. The molecule has 0 spiro atoms. The molecular formula is C11H14BrN3O3. The SMILES string of the molecule is C=C(CNCC)Cn1cc(Br)cc([N+](=O)[O-])c1=O. The molecule has 1 aromatic rings. The van der Waals surface area contributed by atoms with Crippen molar-refractivity contribution < 1.29 is 4.92 Å². The fourth-order valence-corrected chi connectivity index (χ4v) is 1.90. The number of nitrogens with zero attached hydrogens (tertiary/aromatic N) is 2. The van der Waals surface area contributed by atoms with E-state index in [1.807, 2.05) is 6.92 Å². The van der Waals surface area contributed by atoms with Gasteiger partial charge in [-0.3, -0.25) is 14.9 Å². The molecule has 1 rings (SSSR count). The van der Waals surface area contributed by atoms with Gasteiger partial charge in [-0.1, -0.05) is 13.5 Å². The first-order chi connectivity index (χ1) is 8.45. The fourth-order valence-electron chi connectivity index (χ4n) is 1.43. The summed E-state index contributed by atoms with van der Waals surface area (Å²) in [5.74, 6) is 0. The highest BCUT2D eigenvalue weighted by atomic mass is 79.9. The third kappa shape index (κ3) is 3.78. The molecule has 0 bridgehead atoms. The first kappa shape index (κ1) is 14.6. The van der Waals surface area contributed by atoms with E-state index in [1.54, 1.807) is 0 Å². The lowest BCUT2D eigenvalue weighted by Gasteiger charge is -2.09. The predicted molar refractivity (Wildman–Crippen MR) is 72.7 cm³/mol. The van der Waals surface area contributed by atoms with E-state index in [-0.39, 0.29) is 6.54 Å². The highest BCUT2D eigenvalue weighted by Gasteiger charge is 2.15. The Hall–Kier alpha value is -1.47. The smallest absolute Gasteiger partial charge is 0.313 e. The lowest BCUT2D eigenvalue weighted by atomic mass is 10.3. The number of pyridine rings is 1. The van der Waals surface area contributed by atoms with Crippen molar-refractivity contribution in [3.05, 3.63) is 49.4 Å². The van der Waals surface area contributed by atoms with Crippen LogP contribution < -0.4 is 10.9 Å². The molecular weight excluding hydrogens is 302 g/mol. The molecule has 0 unspecified atom stereocenters. The topological polar surface area (TPSA) is 77.2 Å². The molecule has 1 heterocycles. The summed E-state index contributed by atoms with van der Waals surface area (Å²) < 4.78 is 1.77. The Labute approximate surface area is 113 Å². The van der Waals surface area contributed by atoms with E-state index in [1.165, 1.54) is 16.8 Å². The summed E-state index contributed by atoms with van der Waals surface area (Å²) >= 11 is 3.15. The maximum atomic E-state index is 11.8. The van der Waals surface area contributed by atoms with Gasteiger partial charge in [-0.05, 0) is 28.0 Å². The van der Waals surface area contributed by atoms with Crippen LogP contribution in [-0.4, -0.2) is 22.6 Å². The van der Waals surface area contributed by atoms with E-state index in [2.05, 4.69) is 27.8 Å². The third-order valence-electron chi connectivity index (χ3n) is 2.25. The van der Waals surface area contributed by atoms with Gasteiger partial charge in [0.1, 0.15) is 0 Å². The second-order valence-corrected chi connectivity index (χ2v) is 4.68. The average molecular weight is 316 g/mol. The number of aromatic nitrogens is 1. The molecule has 0 atom stereocenters. The molecule has 0 aromatic carbocycles. The van der Waals surface area contributed by atoms with Gasteiger partial charge in [0.05, 0.1) is 4.92 Å². The van der Waals surface area contributed by atoms with Gasteiger partial charge in [0.2, 0.25) is 0 Å². The predicted octanol–water partition coefficient (Wildman–Crippen LogP) is 1.68. The summed E-state index contributed by atoms with van der Waals surface area (Å²) in [5, 5.41) is 13.8. The summed E-state index contributed by atoms with van der Waals surface area (Å²) in [5.41, 5.74) is -0.284. The van der Waals surface area contributed by atoms with Gasteiger partial charge in [0.25, 0.3) is 0 Å². The maximum Gasteiger partial charge on any atom is 0.335 e. The molecule has 18 heavy (non-hydrogen) atoms. The normalized spacial score (nSPS) is 10.3. The van der Waals surface area contributed by atoms with Gasteiger partial charge in [0.15, 0.2) is 0 Å². The standard InChI is InChI=1S/C11H14BrN3O3/c1-3-13-5-8(2)6-14-7-9(12)4-10(11(14)16)15(17)18/h4,7,13H,2-3,5-6H2,1H3. The number of nitro groups is 1. The van der Waals surface area contributed by atoms with Crippen molar-refractivity contribution >= 4 is 21.6 Å². The lowest BCUT2D eigenvalue weighted by molar-refractivity contribution is -0.386. The minimum absolute atomic E-state index is 0.256. The maximum absolute atomic E-state index is 11.8. The van der Waals surface area contributed by atoms with E-state index < -0.39 is 16.2 Å². The van der Waals surface area contributed by atoms with Crippen molar-refractivity contribution in [2.24, 2.45) is 0 Å². The molecule has 0 radical (unpaired) electrons. The van der Waals surface area contributed by atoms with Crippen molar-refractivity contribution in [2.75, 3.05) is 13.1 Å². The van der Waals surface area contributed by atoms with Gasteiger partial charge in [-0.2, -0.15) is 0 Å². The van der Waals surface area contributed by atoms with Crippen LogP contribution in [0.2, 0.25) is 0 Å². The van der Waals surface area contributed by atoms with Crippen LogP contribution in [0.25, 0.3) is 0 Å². The van der Waals surface area contributed by atoms with Crippen LogP contribution in [-0.2, 0) is 6.54 Å². The quantitative estimate of drug-likeness (QED) is 0.492. The summed E-state index contributed by atoms with van der Waals surface area (Å²) in [6.07, 6.45) is 1.52. The zero-order valence-electron chi connectivity index (χ0n) is 9.98. The van der Waals surface area contributed by atoms with Crippen molar-refractivity contribution in [3.8, 4) is 0 Å². The Morgan fingerprint density at radius 1 is 1.67 bits per heavy atom. The van der Waals surface area contributed by atoms with Crippen LogP contribution in [0.3, 0.4) is 0 Å². The molecule has 0 aliphatic carbocycles. The Balaban J connectivity index is 2.99. The van der Waals surface area contributed by atoms with Crippen molar-refractivity contribution in [2.45, 2.75) is 13.5 Å². The molecule has 0 aliphatic rings. The van der Waals surface area contributed by atoms with Crippen LogP contribution in [0.1, 0.15) is 6.92 Å². The monoisotopic (exact) mass is 315 g/mol. The van der Waals surface area contributed by atoms with Gasteiger partial charge in [-0.25, -0.2) is 0 Å². The van der Waals surface area contributed by atoms with Gasteiger partial charge in [-0.15, -0.1) is 0 Å². The molecule has 0 saturated heterocycles. The second-order valence-electron chi connectivity index (χ2n) is 3.76. The molecule has 1 aromatic heterocycles. The number of hydrogen-bond acceptors (Lipinski definition) is 4. The van der Waals surface area contributed by atoms with Crippen LogP contribution in [0.5, 0.6) is 0 Å². The lowest BCUT2D eigenvalue weighted by Crippen LogP contribution is -2.25. The number of hydrogen-bond donors (Lipinski definition) is 1. The van der Waals surface area contributed by atoms with Crippen molar-refractivity contribution in [1.29, 1.82) is 0 Å². The molecule has 6 nitrogen and oxygen atoms in total. The van der Waals surface area contributed by atoms with E-state index >= 15 is 0 Å². The molecule has 0 amide bonds. The highest BCUT2D eigenvalue weighted by Crippen LogP contribution is 2.14. The number of halogens is 1. The zero-order valence-corrected chi connectivity index (χ0v) is 11.6. The highest BCUT2D eigenvalue weighted by molar-refractivity contribution is 9.10. The zero-order chi connectivity index (χ0) is 13.7. The van der Waals surface area contributed by atoms with Crippen molar-refractivity contribution in [3.63, 3.8) is 0 Å². The summed E-state index contributed by atoms with van der Waals surface area (Å²) in [7, 11) is 0. The molecule has 7 heteroatoms. The third-order valence-corrected chi connectivity index (χ3v) is 2.68. The van der Waals surface area contributed by atoms with Crippen molar-refractivity contribution in [1.82, 2.24) is 9.88 Å². The number of rotatable bonds is 6. The van der Waals surface area contributed by atoms with E-state index in [9.17, 15) is 14.9 Å². The Bertz CT molecular complexity index is 525. The van der Waals surface area contributed by atoms with Crippen LogP contribution >= 0.6 is 15.9 Å². The second kappa shape index (κ2) is 6.46. The Kier molecular flexibility index (Phi) is 5.24. The minimum Gasteiger partial charge on any atom is -0.313 e. The first-order valence-electron chi connectivity index (χ1n) is 5.37. The van der Waals surface area contributed by atoms with Gasteiger partial charge in [0, 0.05) is 29.8 Å². The van der Waals surface area contributed by atoms with Gasteiger partial charge >= 0.3 is 11.2 Å². The van der Waals surface area contributed by atoms with E-state index in [4.69, 9.17) is 0 Å². The Morgan fingerprint density at radius 3 is 2.89 bits per heavy atom.